The van der Waals surface area contributed by atoms with Crippen LogP contribution in [0, 0.1) is 23.7 Å². The Labute approximate surface area is 180 Å². The molecule has 2 aromatic carbocycles. The third-order valence-corrected chi connectivity index (χ3v) is 6.64. The zero-order valence-electron chi connectivity index (χ0n) is 17.2. The number of carbonyl (C=O) groups is 3. The molecule has 4 unspecified atom stereocenters. The van der Waals surface area contributed by atoms with E-state index in [0.29, 0.717) is 22.7 Å². The molecule has 1 heterocycles. The van der Waals surface area contributed by atoms with E-state index in [0.717, 1.165) is 12.8 Å². The van der Waals surface area contributed by atoms with Crippen molar-refractivity contribution in [3.63, 3.8) is 0 Å². The number of nitrogens with zero attached hydrogens (tertiary/aromatic N) is 1. The maximum Gasteiger partial charge on any atom is 0.238 e. The van der Waals surface area contributed by atoms with Gasteiger partial charge in [0.25, 0.3) is 0 Å². The minimum Gasteiger partial charge on any atom is -0.497 e. The van der Waals surface area contributed by atoms with Crippen molar-refractivity contribution in [3.05, 3.63) is 66.2 Å². The summed E-state index contributed by atoms with van der Waals surface area (Å²) in [7, 11) is 1.57. The van der Waals surface area contributed by atoms with Crippen LogP contribution >= 0.6 is 0 Å². The van der Waals surface area contributed by atoms with Crippen LogP contribution in [-0.2, 0) is 9.59 Å². The van der Waals surface area contributed by atoms with Crippen molar-refractivity contribution in [2.24, 2.45) is 23.7 Å². The summed E-state index contributed by atoms with van der Waals surface area (Å²) in [5, 5.41) is 0. The first kappa shape index (κ1) is 19.5. The maximum absolute atomic E-state index is 13.0. The van der Waals surface area contributed by atoms with Gasteiger partial charge >= 0.3 is 0 Å². The Morgan fingerprint density at radius 1 is 0.871 bits per heavy atom. The van der Waals surface area contributed by atoms with Gasteiger partial charge in [-0.3, -0.25) is 19.3 Å². The van der Waals surface area contributed by atoms with E-state index < -0.39 is 0 Å². The molecule has 6 rings (SSSR count). The molecule has 0 radical (unpaired) electrons. The highest BCUT2D eigenvalue weighted by Crippen LogP contribution is 2.50. The van der Waals surface area contributed by atoms with Crippen LogP contribution in [-0.4, -0.2) is 31.3 Å². The Morgan fingerprint density at radius 3 is 1.94 bits per heavy atom. The van der Waals surface area contributed by atoms with Crippen LogP contribution in [0.25, 0.3) is 0 Å². The van der Waals surface area contributed by atoms with E-state index in [1.807, 2.05) is 0 Å². The highest BCUT2D eigenvalue weighted by molar-refractivity contribution is 6.22. The Balaban J connectivity index is 1.25. The number of allylic oxidation sites excluding steroid dienone is 2. The molecule has 1 aliphatic heterocycles. The van der Waals surface area contributed by atoms with Crippen molar-refractivity contribution in [2.45, 2.75) is 12.8 Å². The van der Waals surface area contributed by atoms with Gasteiger partial charge in [-0.15, -0.1) is 0 Å². The fourth-order valence-corrected chi connectivity index (χ4v) is 5.03. The van der Waals surface area contributed by atoms with E-state index >= 15 is 0 Å². The van der Waals surface area contributed by atoms with E-state index in [1.165, 1.54) is 4.90 Å². The van der Waals surface area contributed by atoms with Gasteiger partial charge in [0.15, 0.2) is 12.4 Å². The first-order valence-electron chi connectivity index (χ1n) is 10.5. The molecule has 6 nitrogen and oxygen atoms in total. The lowest BCUT2D eigenvalue weighted by molar-refractivity contribution is -0.124. The van der Waals surface area contributed by atoms with Crippen molar-refractivity contribution >= 4 is 23.3 Å². The number of imide groups is 1. The first-order chi connectivity index (χ1) is 15.1. The average molecular weight is 417 g/mol. The lowest BCUT2D eigenvalue weighted by Crippen LogP contribution is -2.38. The second kappa shape index (κ2) is 7.69. The van der Waals surface area contributed by atoms with E-state index in [1.54, 1.807) is 55.6 Å². The number of benzene rings is 2. The van der Waals surface area contributed by atoms with Gasteiger partial charge in [0.05, 0.1) is 24.6 Å². The van der Waals surface area contributed by atoms with E-state index in [4.69, 9.17) is 9.47 Å². The Morgan fingerprint density at radius 2 is 1.42 bits per heavy atom. The minimum atomic E-state index is -0.228. The molecule has 2 bridgehead atoms. The van der Waals surface area contributed by atoms with Crippen molar-refractivity contribution < 1.29 is 23.9 Å². The van der Waals surface area contributed by atoms with Crippen LogP contribution in [0.2, 0.25) is 0 Å². The summed E-state index contributed by atoms with van der Waals surface area (Å²) in [6.45, 7) is -0.105. The van der Waals surface area contributed by atoms with Crippen molar-refractivity contribution in [2.75, 3.05) is 18.6 Å². The highest BCUT2D eigenvalue weighted by Gasteiger charge is 2.56. The molecule has 4 aliphatic rings. The molecule has 2 amide bonds. The molecule has 4 atom stereocenters. The van der Waals surface area contributed by atoms with Crippen molar-refractivity contribution in [3.8, 4) is 11.5 Å². The predicted molar refractivity (Wildman–Crippen MR) is 114 cm³/mol. The van der Waals surface area contributed by atoms with Gasteiger partial charge in [-0.05, 0) is 73.2 Å². The van der Waals surface area contributed by atoms with E-state index in [-0.39, 0.29) is 47.9 Å². The summed E-state index contributed by atoms with van der Waals surface area (Å²) in [4.78, 5) is 39.7. The van der Waals surface area contributed by atoms with Gasteiger partial charge in [-0.2, -0.15) is 0 Å². The molecule has 0 spiro atoms. The third kappa shape index (κ3) is 3.32. The summed E-state index contributed by atoms with van der Waals surface area (Å²) in [5.41, 5.74) is 1.09. The molecular formula is C25H23NO5. The smallest absolute Gasteiger partial charge is 0.238 e. The predicted octanol–water partition coefficient (Wildman–Crippen LogP) is 3.66. The first-order valence-corrected chi connectivity index (χ1v) is 10.5. The van der Waals surface area contributed by atoms with E-state index in [9.17, 15) is 14.4 Å². The second-order valence-corrected chi connectivity index (χ2v) is 8.29. The van der Waals surface area contributed by atoms with Gasteiger partial charge in [0.1, 0.15) is 11.5 Å². The van der Waals surface area contributed by atoms with Crippen LogP contribution in [0.5, 0.6) is 11.5 Å². The van der Waals surface area contributed by atoms with Gasteiger partial charge in [0, 0.05) is 5.56 Å². The molecular weight excluding hydrogens is 394 g/mol. The fourth-order valence-electron chi connectivity index (χ4n) is 5.03. The Bertz CT molecular complexity index is 1020. The quantitative estimate of drug-likeness (QED) is 0.407. The van der Waals surface area contributed by atoms with Crippen LogP contribution in [0.4, 0.5) is 5.69 Å². The van der Waals surface area contributed by atoms with Crippen LogP contribution in [0.1, 0.15) is 23.2 Å². The standard InChI is InChI=1S/C25H23NO5/c1-30-19-10-6-15(7-11-19)21(27)14-31-20-12-8-18(9-13-20)26-24(28)22-16-2-3-17(5-4-16)23(22)25(26)29/h2-3,6-13,16-17,22-23H,4-5,14H2,1H3. The second-order valence-electron chi connectivity index (χ2n) is 8.29. The topological polar surface area (TPSA) is 72.9 Å². The molecule has 2 aromatic rings. The molecule has 2 fully saturated rings. The zero-order valence-corrected chi connectivity index (χ0v) is 17.2. The summed E-state index contributed by atoms with van der Waals surface area (Å²) < 4.78 is 10.7. The highest BCUT2D eigenvalue weighted by atomic mass is 16.5. The molecule has 0 aromatic heterocycles. The number of rotatable bonds is 6. The Hall–Kier alpha value is -3.41. The van der Waals surface area contributed by atoms with Crippen LogP contribution in [0.15, 0.2) is 60.7 Å². The number of fused-ring (bicyclic) bond motifs is 1. The third-order valence-electron chi connectivity index (χ3n) is 6.64. The molecule has 158 valence electrons. The number of anilines is 1. The number of carbonyl (C=O) groups excluding carboxylic acids is 3. The fraction of sp³-hybridized carbons (Fsp3) is 0.320. The molecule has 1 saturated heterocycles. The monoisotopic (exact) mass is 417 g/mol. The summed E-state index contributed by atoms with van der Waals surface area (Å²) in [6, 6.07) is 13.6. The lowest BCUT2D eigenvalue weighted by atomic mass is 9.63. The summed E-state index contributed by atoms with van der Waals surface area (Å²) in [6.07, 6.45) is 6.18. The van der Waals surface area contributed by atoms with Crippen molar-refractivity contribution in [1.82, 2.24) is 0 Å². The largest absolute Gasteiger partial charge is 0.497 e. The van der Waals surface area contributed by atoms with Crippen LogP contribution < -0.4 is 14.4 Å². The molecule has 31 heavy (non-hydrogen) atoms. The number of ketones is 1. The van der Waals surface area contributed by atoms with Gasteiger partial charge in [0.2, 0.25) is 11.8 Å². The molecule has 3 aliphatic carbocycles. The molecule has 6 heteroatoms. The summed E-state index contributed by atoms with van der Waals surface area (Å²) >= 11 is 0. The van der Waals surface area contributed by atoms with Gasteiger partial charge in [-0.1, -0.05) is 12.2 Å². The number of hydrogen-bond acceptors (Lipinski definition) is 5. The lowest BCUT2D eigenvalue weighted by Gasteiger charge is -2.38. The Kier molecular flexibility index (Phi) is 4.85. The average Bonchev–Trinajstić information content (AvgIpc) is 3.11. The zero-order chi connectivity index (χ0) is 21.5. The van der Waals surface area contributed by atoms with E-state index in [2.05, 4.69) is 12.2 Å². The van der Waals surface area contributed by atoms with Crippen molar-refractivity contribution in [1.29, 1.82) is 0 Å². The number of Topliss-reactive ketones (excluding diaryl/α,β-unsaturated/α-hetero) is 1. The number of amides is 2. The number of methoxy groups -OCH3 is 1. The SMILES string of the molecule is COc1ccc(C(=O)COc2ccc(N3C(=O)C4C5C=CC(CC5)C4C3=O)cc2)cc1. The normalized spacial score (nSPS) is 26.2. The van der Waals surface area contributed by atoms with Gasteiger partial charge in [-0.25, -0.2) is 0 Å². The summed E-state index contributed by atoms with van der Waals surface area (Å²) in [5.74, 6) is 0.722. The molecule has 0 N–H and O–H groups in total. The number of hydrogen-bond donors (Lipinski definition) is 0. The molecule has 1 saturated carbocycles. The van der Waals surface area contributed by atoms with Gasteiger partial charge < -0.3 is 9.47 Å². The number of ether oxygens (including phenoxy) is 2. The minimum absolute atomic E-state index is 0.0996. The van der Waals surface area contributed by atoms with Crippen LogP contribution in [0.3, 0.4) is 0 Å². The maximum atomic E-state index is 13.0.